The van der Waals surface area contributed by atoms with Crippen LogP contribution in [0.2, 0.25) is 0 Å². The molecule has 0 spiro atoms. The molecule has 0 saturated carbocycles. The van der Waals surface area contributed by atoms with E-state index in [4.69, 9.17) is 4.74 Å². The second-order valence-electron chi connectivity index (χ2n) is 6.86. The number of carbonyl (C=O) groups is 1. The van der Waals surface area contributed by atoms with Crippen molar-refractivity contribution in [3.63, 3.8) is 0 Å². The predicted molar refractivity (Wildman–Crippen MR) is 96.2 cm³/mol. The van der Waals surface area contributed by atoms with E-state index in [0.29, 0.717) is 17.0 Å². The van der Waals surface area contributed by atoms with Gasteiger partial charge in [-0.15, -0.1) is 0 Å². The number of anilines is 1. The first-order valence-electron chi connectivity index (χ1n) is 8.19. The van der Waals surface area contributed by atoms with Crippen LogP contribution in [-0.2, 0) is 4.79 Å². The van der Waals surface area contributed by atoms with E-state index in [1.165, 1.54) is 6.92 Å². The minimum Gasteiger partial charge on any atom is -0.508 e. The van der Waals surface area contributed by atoms with Gasteiger partial charge in [-0.3, -0.25) is 9.69 Å². The van der Waals surface area contributed by atoms with Crippen LogP contribution in [0.3, 0.4) is 0 Å². The quantitative estimate of drug-likeness (QED) is 0.842. The topological polar surface area (TPSA) is 70.0 Å². The number of aryl methyl sites for hydroxylation is 2. The van der Waals surface area contributed by atoms with Crippen molar-refractivity contribution >= 4 is 11.6 Å². The van der Waals surface area contributed by atoms with E-state index in [1.807, 2.05) is 26.0 Å². The summed E-state index contributed by atoms with van der Waals surface area (Å²) in [7, 11) is 1.59. The summed E-state index contributed by atoms with van der Waals surface area (Å²) in [4.78, 5) is 14.1. The van der Waals surface area contributed by atoms with Crippen molar-refractivity contribution in [3.05, 3.63) is 52.6 Å². The fourth-order valence-corrected chi connectivity index (χ4v) is 3.36. The van der Waals surface area contributed by atoms with Crippen LogP contribution in [0.4, 0.5) is 5.69 Å². The summed E-state index contributed by atoms with van der Waals surface area (Å²) in [6.07, 6.45) is 0. The fraction of sp³-hybridized carbons (Fsp3) is 0.350. The van der Waals surface area contributed by atoms with Crippen molar-refractivity contribution in [3.8, 4) is 11.5 Å². The lowest BCUT2D eigenvalue weighted by Gasteiger charge is -2.51. The number of amides is 1. The van der Waals surface area contributed by atoms with Gasteiger partial charge in [0.15, 0.2) is 5.60 Å². The Kier molecular flexibility index (Phi) is 4.00. The first-order valence-corrected chi connectivity index (χ1v) is 8.19. The summed E-state index contributed by atoms with van der Waals surface area (Å²) in [5.74, 6) is 0.466. The normalized spacial score (nSPS) is 22.7. The third-order valence-electron chi connectivity index (χ3n) is 5.09. The van der Waals surface area contributed by atoms with Crippen LogP contribution >= 0.6 is 0 Å². The molecule has 0 radical (unpaired) electrons. The molecule has 5 nitrogen and oxygen atoms in total. The molecule has 2 aromatic rings. The lowest BCUT2D eigenvalue weighted by atomic mass is 9.78. The second kappa shape index (κ2) is 5.77. The Morgan fingerprint density at radius 2 is 1.80 bits per heavy atom. The molecule has 2 aromatic carbocycles. The zero-order chi connectivity index (χ0) is 18.5. The van der Waals surface area contributed by atoms with Gasteiger partial charge in [0.25, 0.3) is 5.91 Å². The summed E-state index contributed by atoms with van der Waals surface area (Å²) >= 11 is 0. The first kappa shape index (κ1) is 17.3. The Hall–Kier alpha value is -2.53. The van der Waals surface area contributed by atoms with Gasteiger partial charge in [-0.25, -0.2) is 0 Å². The summed E-state index contributed by atoms with van der Waals surface area (Å²) in [6.45, 7) is 7.22. The molecule has 132 valence electrons. The van der Waals surface area contributed by atoms with Gasteiger partial charge in [0.1, 0.15) is 11.5 Å². The number of hydrogen-bond acceptors (Lipinski definition) is 4. The van der Waals surface area contributed by atoms with Gasteiger partial charge >= 0.3 is 0 Å². The highest BCUT2D eigenvalue weighted by Crippen LogP contribution is 2.47. The molecule has 2 atom stereocenters. The van der Waals surface area contributed by atoms with Crippen LogP contribution in [0, 0.1) is 20.8 Å². The molecule has 1 heterocycles. The van der Waals surface area contributed by atoms with Crippen LogP contribution in [0.1, 0.15) is 35.2 Å². The number of aromatic hydroxyl groups is 1. The average molecular weight is 341 g/mol. The molecule has 1 saturated heterocycles. The highest BCUT2D eigenvalue weighted by atomic mass is 16.5. The SMILES string of the molecule is COc1cc(N2C(=O)[C@](C)(O)[C@@H]2c2ccc(C)c(O)c2)cc(C)c1C. The molecule has 1 fully saturated rings. The number of benzene rings is 2. The molecule has 25 heavy (non-hydrogen) atoms. The fourth-order valence-electron chi connectivity index (χ4n) is 3.36. The van der Waals surface area contributed by atoms with E-state index in [1.54, 1.807) is 37.1 Å². The lowest BCUT2D eigenvalue weighted by molar-refractivity contribution is -0.151. The summed E-state index contributed by atoms with van der Waals surface area (Å²) in [6, 6.07) is 8.35. The molecule has 2 N–H and O–H groups in total. The average Bonchev–Trinajstić information content (AvgIpc) is 2.57. The monoisotopic (exact) mass is 341 g/mol. The highest BCUT2D eigenvalue weighted by molar-refractivity contribution is 6.08. The zero-order valence-corrected chi connectivity index (χ0v) is 15.1. The maximum Gasteiger partial charge on any atom is 0.261 e. The van der Waals surface area contributed by atoms with E-state index in [2.05, 4.69) is 0 Å². The number of phenolic OH excluding ortho intramolecular Hbond substituents is 1. The van der Waals surface area contributed by atoms with Crippen molar-refractivity contribution in [1.82, 2.24) is 0 Å². The van der Waals surface area contributed by atoms with Gasteiger partial charge in [-0.2, -0.15) is 0 Å². The number of phenols is 1. The van der Waals surface area contributed by atoms with E-state index in [-0.39, 0.29) is 11.7 Å². The standard InChI is InChI=1S/C20H23NO4/c1-11-6-7-14(9-16(11)22)18-20(4,24)19(23)21(18)15-8-12(2)13(3)17(10-15)25-5/h6-10,18,22,24H,1-5H3/t18-,20+/m0/s1. The number of rotatable bonds is 3. The molecular weight excluding hydrogens is 318 g/mol. The molecule has 5 heteroatoms. The van der Waals surface area contributed by atoms with Gasteiger partial charge in [0.05, 0.1) is 13.2 Å². The second-order valence-corrected chi connectivity index (χ2v) is 6.86. The maximum atomic E-state index is 12.6. The number of aliphatic hydroxyl groups is 1. The van der Waals surface area contributed by atoms with Gasteiger partial charge in [0, 0.05) is 11.8 Å². The number of β-lactam (4-membered cyclic amide) rings is 1. The molecule has 1 aliphatic rings. The Bertz CT molecular complexity index is 857. The number of carbonyl (C=O) groups excluding carboxylic acids is 1. The van der Waals surface area contributed by atoms with Gasteiger partial charge in [0.2, 0.25) is 0 Å². The van der Waals surface area contributed by atoms with E-state index < -0.39 is 11.6 Å². The molecule has 0 bridgehead atoms. The van der Waals surface area contributed by atoms with Crippen LogP contribution in [0.15, 0.2) is 30.3 Å². The highest BCUT2D eigenvalue weighted by Gasteiger charge is 2.58. The zero-order valence-electron chi connectivity index (χ0n) is 15.1. The first-order chi connectivity index (χ1) is 11.7. The van der Waals surface area contributed by atoms with E-state index in [0.717, 1.165) is 16.7 Å². The summed E-state index contributed by atoms with van der Waals surface area (Å²) in [5, 5.41) is 20.7. The van der Waals surface area contributed by atoms with Crippen molar-refractivity contribution in [2.24, 2.45) is 0 Å². The number of hydrogen-bond donors (Lipinski definition) is 2. The van der Waals surface area contributed by atoms with Crippen molar-refractivity contribution in [1.29, 1.82) is 0 Å². The van der Waals surface area contributed by atoms with Crippen LogP contribution in [-0.4, -0.2) is 28.8 Å². The van der Waals surface area contributed by atoms with Crippen LogP contribution < -0.4 is 9.64 Å². The van der Waals surface area contributed by atoms with Gasteiger partial charge in [-0.1, -0.05) is 12.1 Å². The Labute approximate surface area is 147 Å². The maximum absolute atomic E-state index is 12.6. The minimum atomic E-state index is -1.52. The molecule has 3 rings (SSSR count). The molecule has 0 aliphatic carbocycles. The number of nitrogens with zero attached hydrogens (tertiary/aromatic N) is 1. The molecular formula is C20H23NO4. The predicted octanol–water partition coefficient (Wildman–Crippen LogP) is 3.16. The number of methoxy groups -OCH3 is 1. The van der Waals surface area contributed by atoms with Crippen molar-refractivity contribution in [2.75, 3.05) is 12.0 Å². The third-order valence-corrected chi connectivity index (χ3v) is 5.09. The largest absolute Gasteiger partial charge is 0.508 e. The van der Waals surface area contributed by atoms with Crippen molar-refractivity contribution in [2.45, 2.75) is 39.3 Å². The van der Waals surface area contributed by atoms with Gasteiger partial charge in [-0.05, 0) is 62.1 Å². The third kappa shape index (κ3) is 2.55. The van der Waals surface area contributed by atoms with Gasteiger partial charge < -0.3 is 14.9 Å². The van der Waals surface area contributed by atoms with E-state index >= 15 is 0 Å². The van der Waals surface area contributed by atoms with Crippen LogP contribution in [0.5, 0.6) is 11.5 Å². The Balaban J connectivity index is 2.10. The van der Waals surface area contributed by atoms with Crippen LogP contribution in [0.25, 0.3) is 0 Å². The Morgan fingerprint density at radius 1 is 1.12 bits per heavy atom. The van der Waals surface area contributed by atoms with Crippen molar-refractivity contribution < 1.29 is 19.7 Å². The summed E-state index contributed by atoms with van der Waals surface area (Å²) < 4.78 is 5.41. The molecule has 0 unspecified atom stereocenters. The van der Waals surface area contributed by atoms with E-state index in [9.17, 15) is 15.0 Å². The smallest absolute Gasteiger partial charge is 0.261 e. The minimum absolute atomic E-state index is 0.144. The lowest BCUT2D eigenvalue weighted by Crippen LogP contribution is -2.67. The number of ether oxygens (including phenoxy) is 1. The summed E-state index contributed by atoms with van der Waals surface area (Å²) in [5.41, 5.74) is 2.59. The molecule has 1 aliphatic heterocycles. The Morgan fingerprint density at radius 3 is 2.40 bits per heavy atom. The molecule has 0 aromatic heterocycles. The molecule has 1 amide bonds.